The standard InChI is InChI=1S/C24H27BrN6O/c1-16-7-20(28-30(16)13-17-5-3-2-4-6-17)27-21(32)23-9-18-8-19(10-23)12-24(11-18,14-23)31-15-26-22(25)29-31/h2-7,15,18-19H,8-14H2,1H3,(H,27,28,32). The third-order valence-corrected chi connectivity index (χ3v) is 8.22. The molecular formula is C24H27BrN6O. The first kappa shape index (κ1) is 20.1. The number of hydrogen-bond acceptors (Lipinski definition) is 4. The van der Waals surface area contributed by atoms with E-state index in [2.05, 4.69) is 43.5 Å². The quantitative estimate of drug-likeness (QED) is 0.565. The normalized spacial score (nSPS) is 30.6. The minimum atomic E-state index is -0.348. The minimum absolute atomic E-state index is 0.0942. The molecule has 3 aromatic rings. The van der Waals surface area contributed by atoms with Crippen molar-refractivity contribution in [3.63, 3.8) is 0 Å². The van der Waals surface area contributed by atoms with Crippen LogP contribution in [0.1, 0.15) is 49.8 Å². The van der Waals surface area contributed by atoms with Crippen molar-refractivity contribution in [2.24, 2.45) is 17.3 Å². The lowest BCUT2D eigenvalue weighted by Gasteiger charge is -2.60. The fourth-order valence-corrected chi connectivity index (χ4v) is 7.22. The second-order valence-electron chi connectivity index (χ2n) is 10.2. The van der Waals surface area contributed by atoms with Crippen molar-refractivity contribution in [1.29, 1.82) is 0 Å². The van der Waals surface area contributed by atoms with Crippen molar-refractivity contribution < 1.29 is 4.79 Å². The van der Waals surface area contributed by atoms with E-state index in [-0.39, 0.29) is 16.9 Å². The maximum absolute atomic E-state index is 13.7. The number of benzene rings is 1. The van der Waals surface area contributed by atoms with Crippen molar-refractivity contribution in [3.05, 3.63) is 58.7 Å². The van der Waals surface area contributed by atoms with Gasteiger partial charge >= 0.3 is 0 Å². The summed E-state index contributed by atoms with van der Waals surface area (Å²) in [7, 11) is 0. The number of rotatable bonds is 5. The van der Waals surface area contributed by atoms with Crippen LogP contribution in [0.15, 0.2) is 47.5 Å². The Morgan fingerprint density at radius 1 is 1.16 bits per heavy atom. The number of carbonyl (C=O) groups is 1. The lowest BCUT2D eigenvalue weighted by atomic mass is 9.46. The van der Waals surface area contributed by atoms with Gasteiger partial charge in [0, 0.05) is 11.8 Å². The molecule has 2 atom stereocenters. The second kappa shape index (κ2) is 7.27. The molecule has 0 spiro atoms. The molecule has 2 aromatic heterocycles. The summed E-state index contributed by atoms with van der Waals surface area (Å²) in [5.41, 5.74) is 1.79. The van der Waals surface area contributed by atoms with Crippen LogP contribution >= 0.6 is 15.9 Å². The zero-order valence-electron chi connectivity index (χ0n) is 18.2. The van der Waals surface area contributed by atoms with E-state index in [1.54, 1.807) is 0 Å². The Morgan fingerprint density at radius 2 is 1.91 bits per heavy atom. The first-order valence-electron chi connectivity index (χ1n) is 11.4. The Labute approximate surface area is 195 Å². The van der Waals surface area contributed by atoms with Gasteiger partial charge in [0.05, 0.1) is 17.5 Å². The highest BCUT2D eigenvalue weighted by Crippen LogP contribution is 2.64. The molecular weight excluding hydrogens is 468 g/mol. The highest BCUT2D eigenvalue weighted by Gasteiger charge is 2.61. The van der Waals surface area contributed by atoms with E-state index in [1.165, 1.54) is 12.0 Å². The average molecular weight is 495 g/mol. The molecule has 1 aromatic carbocycles. The van der Waals surface area contributed by atoms with Crippen LogP contribution < -0.4 is 5.32 Å². The molecule has 7 rings (SSSR count). The summed E-state index contributed by atoms with van der Waals surface area (Å²) < 4.78 is 4.61. The predicted molar refractivity (Wildman–Crippen MR) is 124 cm³/mol. The zero-order chi connectivity index (χ0) is 21.9. The number of nitrogens with one attached hydrogen (secondary N) is 1. The molecule has 8 heteroatoms. The van der Waals surface area contributed by atoms with Gasteiger partial charge in [0.25, 0.3) is 0 Å². The fraction of sp³-hybridized carbons (Fsp3) is 0.500. The van der Waals surface area contributed by atoms with Crippen molar-refractivity contribution >= 4 is 27.7 Å². The van der Waals surface area contributed by atoms with Crippen LogP contribution in [0.5, 0.6) is 0 Å². The SMILES string of the molecule is Cc1cc(NC(=O)C23CC4CC(C2)CC(n2cnc(Br)n2)(C4)C3)nn1Cc1ccccc1. The van der Waals surface area contributed by atoms with E-state index >= 15 is 0 Å². The molecule has 2 heterocycles. The number of anilines is 1. The summed E-state index contributed by atoms with van der Waals surface area (Å²) in [5.74, 6) is 1.92. The highest BCUT2D eigenvalue weighted by atomic mass is 79.9. The minimum Gasteiger partial charge on any atom is -0.309 e. The van der Waals surface area contributed by atoms with E-state index in [0.717, 1.165) is 37.8 Å². The monoisotopic (exact) mass is 494 g/mol. The van der Waals surface area contributed by atoms with Crippen LogP contribution in [-0.4, -0.2) is 30.5 Å². The maximum Gasteiger partial charge on any atom is 0.231 e. The van der Waals surface area contributed by atoms with Crippen LogP contribution in [0.4, 0.5) is 5.82 Å². The number of aryl methyl sites for hydroxylation is 1. The topological polar surface area (TPSA) is 77.6 Å². The molecule has 0 saturated heterocycles. The molecule has 4 aliphatic rings. The summed E-state index contributed by atoms with van der Waals surface area (Å²) in [4.78, 5) is 18.0. The molecule has 0 radical (unpaired) electrons. The average Bonchev–Trinajstić information content (AvgIpc) is 3.34. The molecule has 0 aliphatic heterocycles. The van der Waals surface area contributed by atoms with Gasteiger partial charge in [0.2, 0.25) is 10.6 Å². The Hall–Kier alpha value is -2.48. The van der Waals surface area contributed by atoms with E-state index < -0.39 is 0 Å². The lowest BCUT2D eigenvalue weighted by Crippen LogP contribution is -2.60. The lowest BCUT2D eigenvalue weighted by molar-refractivity contribution is -0.150. The van der Waals surface area contributed by atoms with Crippen LogP contribution in [0.25, 0.3) is 0 Å². The fourth-order valence-electron chi connectivity index (χ4n) is 6.96. The highest BCUT2D eigenvalue weighted by molar-refractivity contribution is 9.10. The van der Waals surface area contributed by atoms with Gasteiger partial charge in [-0.15, -0.1) is 5.10 Å². The van der Waals surface area contributed by atoms with Crippen molar-refractivity contribution in [1.82, 2.24) is 24.5 Å². The summed E-state index contributed by atoms with van der Waals surface area (Å²) >= 11 is 3.40. The van der Waals surface area contributed by atoms with Gasteiger partial charge < -0.3 is 5.32 Å². The van der Waals surface area contributed by atoms with Gasteiger partial charge in [-0.05, 0) is 78.8 Å². The molecule has 4 bridgehead atoms. The van der Waals surface area contributed by atoms with Gasteiger partial charge in [-0.3, -0.25) is 9.48 Å². The molecule has 1 amide bonds. The zero-order valence-corrected chi connectivity index (χ0v) is 19.8. The van der Waals surface area contributed by atoms with Crippen molar-refractivity contribution in [2.75, 3.05) is 5.32 Å². The van der Waals surface area contributed by atoms with E-state index in [9.17, 15) is 4.79 Å². The van der Waals surface area contributed by atoms with E-state index in [4.69, 9.17) is 5.10 Å². The van der Waals surface area contributed by atoms with Crippen molar-refractivity contribution in [3.8, 4) is 0 Å². The molecule has 1 N–H and O–H groups in total. The summed E-state index contributed by atoms with van der Waals surface area (Å²) in [6.07, 6.45) is 8.03. The van der Waals surface area contributed by atoms with Crippen LogP contribution in [-0.2, 0) is 16.9 Å². The van der Waals surface area contributed by atoms with Gasteiger partial charge in [-0.25, -0.2) is 9.67 Å². The van der Waals surface area contributed by atoms with E-state index in [1.807, 2.05) is 46.9 Å². The molecule has 7 nitrogen and oxygen atoms in total. The first-order chi connectivity index (χ1) is 15.4. The van der Waals surface area contributed by atoms with Crippen LogP contribution in [0, 0.1) is 24.2 Å². The van der Waals surface area contributed by atoms with Crippen LogP contribution in [0.3, 0.4) is 0 Å². The van der Waals surface area contributed by atoms with Gasteiger partial charge in [-0.1, -0.05) is 30.3 Å². The Morgan fingerprint density at radius 3 is 2.59 bits per heavy atom. The Balaban J connectivity index is 1.25. The summed E-state index contributed by atoms with van der Waals surface area (Å²) in [5, 5.41) is 12.5. The molecule has 166 valence electrons. The van der Waals surface area contributed by atoms with Gasteiger partial charge in [-0.2, -0.15) is 5.10 Å². The predicted octanol–water partition coefficient (Wildman–Crippen LogP) is 4.53. The molecule has 4 aliphatic carbocycles. The smallest absolute Gasteiger partial charge is 0.231 e. The third kappa shape index (κ3) is 3.31. The number of amides is 1. The number of halogens is 1. The molecule has 2 unspecified atom stereocenters. The number of aromatic nitrogens is 5. The van der Waals surface area contributed by atoms with Gasteiger partial charge in [0.1, 0.15) is 6.33 Å². The number of carbonyl (C=O) groups excluding carboxylic acids is 1. The maximum atomic E-state index is 13.7. The second-order valence-corrected chi connectivity index (χ2v) is 10.9. The molecule has 4 saturated carbocycles. The number of hydrogen-bond donors (Lipinski definition) is 1. The molecule has 4 fully saturated rings. The van der Waals surface area contributed by atoms with Gasteiger partial charge in [0.15, 0.2) is 5.82 Å². The summed E-state index contributed by atoms with van der Waals surface area (Å²) in [6, 6.07) is 12.3. The van der Waals surface area contributed by atoms with E-state index in [0.29, 0.717) is 28.9 Å². The largest absolute Gasteiger partial charge is 0.309 e. The third-order valence-electron chi connectivity index (χ3n) is 7.86. The number of nitrogens with zero attached hydrogens (tertiary/aromatic N) is 5. The Bertz CT molecular complexity index is 1150. The van der Waals surface area contributed by atoms with Crippen LogP contribution in [0.2, 0.25) is 0 Å². The molecule has 32 heavy (non-hydrogen) atoms. The summed E-state index contributed by atoms with van der Waals surface area (Å²) in [6.45, 7) is 2.73. The first-order valence-corrected chi connectivity index (χ1v) is 12.2. The van der Waals surface area contributed by atoms with Crippen molar-refractivity contribution in [2.45, 2.75) is 57.5 Å². The Kier molecular flexibility index (Phi) is 4.58.